The van der Waals surface area contributed by atoms with Crippen LogP contribution < -0.4 is 4.72 Å². The van der Waals surface area contributed by atoms with Gasteiger partial charge < -0.3 is 0 Å². The summed E-state index contributed by atoms with van der Waals surface area (Å²) in [4.78, 5) is 8.67. The molecule has 5 nitrogen and oxygen atoms in total. The second-order valence-corrected chi connectivity index (χ2v) is 8.33. The molecule has 2 heterocycles. The van der Waals surface area contributed by atoms with Crippen LogP contribution in [0.2, 0.25) is 0 Å². The Morgan fingerprint density at radius 2 is 1.92 bits per heavy atom. The number of sulfonamides is 1. The van der Waals surface area contributed by atoms with E-state index in [1.54, 1.807) is 29.8 Å². The summed E-state index contributed by atoms with van der Waals surface area (Å²) >= 11 is 1.55. The quantitative estimate of drug-likeness (QED) is 0.666. The maximum Gasteiger partial charge on any atom is 0.232 e. The van der Waals surface area contributed by atoms with Crippen LogP contribution in [0.15, 0.2) is 54.2 Å². The van der Waals surface area contributed by atoms with Crippen LogP contribution in [0, 0.1) is 0 Å². The minimum absolute atomic E-state index is 0.136. The van der Waals surface area contributed by atoms with Gasteiger partial charge >= 0.3 is 0 Å². The molecule has 0 saturated carbocycles. The zero-order chi connectivity index (χ0) is 17.7. The van der Waals surface area contributed by atoms with E-state index in [1.165, 1.54) is 0 Å². The van der Waals surface area contributed by atoms with Gasteiger partial charge in [-0.3, -0.25) is 9.71 Å². The molecule has 130 valence electrons. The van der Waals surface area contributed by atoms with E-state index in [-0.39, 0.29) is 5.75 Å². The molecule has 0 spiro atoms. The Labute approximate surface area is 151 Å². The number of hydrogen-bond donors (Lipinski definition) is 1. The monoisotopic (exact) mass is 373 g/mol. The molecule has 0 fully saturated rings. The van der Waals surface area contributed by atoms with E-state index in [1.807, 2.05) is 42.6 Å². The van der Waals surface area contributed by atoms with Crippen molar-refractivity contribution in [1.82, 2.24) is 9.97 Å². The van der Waals surface area contributed by atoms with Crippen molar-refractivity contribution in [1.29, 1.82) is 0 Å². The number of aromatic nitrogens is 2. The standard InChI is InChI=1S/C18H19N3O2S2/c1-2-3-11-25(22,23)21-16-6-4-5-15(12-16)17-13-24-18(20-17)14-7-9-19-10-8-14/h4-10,12-13,21H,2-3,11H2,1H3. The molecule has 1 N–H and O–H groups in total. The average Bonchev–Trinajstić information content (AvgIpc) is 3.11. The first kappa shape index (κ1) is 17.6. The third kappa shape index (κ3) is 4.64. The van der Waals surface area contributed by atoms with Crippen LogP contribution in [0.25, 0.3) is 21.8 Å². The summed E-state index contributed by atoms with van der Waals surface area (Å²) in [5, 5.41) is 2.88. The lowest BCUT2D eigenvalue weighted by molar-refractivity contribution is 0.598. The zero-order valence-corrected chi connectivity index (χ0v) is 15.5. The van der Waals surface area contributed by atoms with Crippen molar-refractivity contribution in [2.45, 2.75) is 19.8 Å². The Bertz CT molecular complexity index is 938. The van der Waals surface area contributed by atoms with Crippen molar-refractivity contribution in [3.05, 3.63) is 54.2 Å². The van der Waals surface area contributed by atoms with Crippen LogP contribution >= 0.6 is 11.3 Å². The first-order valence-corrected chi connectivity index (χ1v) is 10.6. The first-order valence-electron chi connectivity index (χ1n) is 8.04. The van der Waals surface area contributed by atoms with E-state index in [0.29, 0.717) is 12.1 Å². The Morgan fingerprint density at radius 3 is 2.68 bits per heavy atom. The van der Waals surface area contributed by atoms with Gasteiger partial charge in [0.2, 0.25) is 10.0 Å². The Kier molecular flexibility index (Phi) is 5.45. The second-order valence-electron chi connectivity index (χ2n) is 5.63. The Morgan fingerprint density at radius 1 is 1.12 bits per heavy atom. The zero-order valence-electron chi connectivity index (χ0n) is 13.8. The summed E-state index contributed by atoms with van der Waals surface area (Å²) in [5.41, 5.74) is 3.29. The summed E-state index contributed by atoms with van der Waals surface area (Å²) < 4.78 is 26.8. The highest BCUT2D eigenvalue weighted by molar-refractivity contribution is 7.92. The van der Waals surface area contributed by atoms with Gasteiger partial charge in [-0.1, -0.05) is 25.5 Å². The summed E-state index contributed by atoms with van der Waals surface area (Å²) in [7, 11) is -3.31. The fourth-order valence-electron chi connectivity index (χ4n) is 2.34. The number of rotatable bonds is 7. The minimum atomic E-state index is -3.31. The molecule has 0 saturated heterocycles. The van der Waals surface area contributed by atoms with Gasteiger partial charge in [0.1, 0.15) is 5.01 Å². The van der Waals surface area contributed by atoms with Gasteiger partial charge in [0.15, 0.2) is 0 Å². The Hall–Kier alpha value is -2.25. The summed E-state index contributed by atoms with van der Waals surface area (Å²) in [6, 6.07) is 11.2. The molecule has 0 atom stereocenters. The lowest BCUT2D eigenvalue weighted by Gasteiger charge is -2.08. The average molecular weight is 374 g/mol. The van der Waals surface area contributed by atoms with Crippen LogP contribution in [0.4, 0.5) is 5.69 Å². The molecule has 7 heteroatoms. The molecule has 0 radical (unpaired) electrons. The highest BCUT2D eigenvalue weighted by Gasteiger charge is 2.11. The second kappa shape index (κ2) is 7.76. The molecule has 25 heavy (non-hydrogen) atoms. The van der Waals surface area contributed by atoms with Gasteiger partial charge in [-0.2, -0.15) is 0 Å². The first-order chi connectivity index (χ1) is 12.1. The maximum atomic E-state index is 12.1. The normalized spacial score (nSPS) is 11.4. The van der Waals surface area contributed by atoms with Crippen LogP contribution in [0.5, 0.6) is 0 Å². The van der Waals surface area contributed by atoms with Crippen molar-refractivity contribution < 1.29 is 8.42 Å². The van der Waals surface area contributed by atoms with Crippen molar-refractivity contribution in [2.75, 3.05) is 10.5 Å². The van der Waals surface area contributed by atoms with E-state index in [9.17, 15) is 8.42 Å². The fraction of sp³-hybridized carbons (Fsp3) is 0.222. The fourth-order valence-corrected chi connectivity index (χ4v) is 4.43. The number of unbranched alkanes of at least 4 members (excludes halogenated alkanes) is 1. The SMILES string of the molecule is CCCCS(=O)(=O)Nc1cccc(-c2csc(-c3ccncc3)n2)c1. The largest absolute Gasteiger partial charge is 0.284 e. The van der Waals surface area contributed by atoms with Gasteiger partial charge in [0.25, 0.3) is 0 Å². The van der Waals surface area contributed by atoms with E-state index in [4.69, 9.17) is 0 Å². The van der Waals surface area contributed by atoms with Crippen LogP contribution in [0.1, 0.15) is 19.8 Å². The number of pyridine rings is 1. The summed E-state index contributed by atoms with van der Waals surface area (Å²) in [5.74, 6) is 0.136. The van der Waals surface area contributed by atoms with Gasteiger partial charge in [-0.25, -0.2) is 13.4 Å². The molecule has 0 amide bonds. The number of anilines is 1. The van der Waals surface area contributed by atoms with Crippen molar-refractivity contribution in [2.24, 2.45) is 0 Å². The maximum absolute atomic E-state index is 12.1. The number of hydrogen-bond acceptors (Lipinski definition) is 5. The lowest BCUT2D eigenvalue weighted by Crippen LogP contribution is -2.16. The van der Waals surface area contributed by atoms with E-state index in [0.717, 1.165) is 28.2 Å². The van der Waals surface area contributed by atoms with Gasteiger partial charge in [0, 0.05) is 34.6 Å². The predicted octanol–water partition coefficient (Wildman–Crippen LogP) is 4.41. The van der Waals surface area contributed by atoms with Crippen molar-refractivity contribution >= 4 is 27.0 Å². The molecule has 3 rings (SSSR count). The van der Waals surface area contributed by atoms with E-state index < -0.39 is 10.0 Å². The van der Waals surface area contributed by atoms with E-state index >= 15 is 0 Å². The molecule has 0 aliphatic heterocycles. The molecule has 0 bridgehead atoms. The highest BCUT2D eigenvalue weighted by Crippen LogP contribution is 2.29. The number of thiazole rings is 1. The molecule has 0 unspecified atom stereocenters. The molecular weight excluding hydrogens is 354 g/mol. The van der Waals surface area contributed by atoms with Gasteiger partial charge in [0.05, 0.1) is 11.4 Å². The van der Waals surface area contributed by atoms with Crippen molar-refractivity contribution in [3.8, 4) is 21.8 Å². The minimum Gasteiger partial charge on any atom is -0.284 e. The van der Waals surface area contributed by atoms with Crippen LogP contribution in [-0.2, 0) is 10.0 Å². The highest BCUT2D eigenvalue weighted by atomic mass is 32.2. The summed E-state index contributed by atoms with van der Waals surface area (Å²) in [6.07, 6.45) is 4.97. The van der Waals surface area contributed by atoms with Gasteiger partial charge in [-0.15, -0.1) is 11.3 Å². The topological polar surface area (TPSA) is 72.0 Å². The number of benzene rings is 1. The third-order valence-corrected chi connectivity index (χ3v) is 5.89. The van der Waals surface area contributed by atoms with Crippen molar-refractivity contribution in [3.63, 3.8) is 0 Å². The lowest BCUT2D eigenvalue weighted by atomic mass is 10.1. The molecule has 0 aliphatic rings. The smallest absolute Gasteiger partial charge is 0.232 e. The molecule has 0 aliphatic carbocycles. The third-order valence-electron chi connectivity index (χ3n) is 3.63. The molecule has 3 aromatic rings. The number of nitrogens with one attached hydrogen (secondary N) is 1. The van der Waals surface area contributed by atoms with Crippen LogP contribution in [-0.4, -0.2) is 24.1 Å². The van der Waals surface area contributed by atoms with Crippen LogP contribution in [0.3, 0.4) is 0 Å². The number of nitrogens with zero attached hydrogens (tertiary/aromatic N) is 2. The van der Waals surface area contributed by atoms with E-state index in [2.05, 4.69) is 14.7 Å². The molecule has 1 aromatic carbocycles. The molecule has 2 aromatic heterocycles. The van der Waals surface area contributed by atoms with Gasteiger partial charge in [-0.05, 0) is 30.7 Å². The Balaban J connectivity index is 1.81. The predicted molar refractivity (Wildman–Crippen MR) is 103 cm³/mol. The summed E-state index contributed by atoms with van der Waals surface area (Å²) in [6.45, 7) is 1.97. The molecular formula is C18H19N3O2S2.